The number of carbonyl (C=O) groups is 14. The second-order valence-corrected chi connectivity index (χ2v) is 20.8. The summed E-state index contributed by atoms with van der Waals surface area (Å²) in [7, 11) is 0. The Morgan fingerprint density at radius 3 is 1.16 bits per heavy atom. The Morgan fingerprint density at radius 1 is 0.412 bits per heavy atom. The minimum atomic E-state index is -1.69. The smallest absolute Gasteiger partial charge is 0.325 e. The first-order chi connectivity index (χ1) is 39.9. The van der Waals surface area contributed by atoms with Gasteiger partial charge < -0.3 is 96.9 Å². The summed E-state index contributed by atoms with van der Waals surface area (Å²) in [6, 6.07) is -9.36. The number of phenolic OH excluding ortho intramolecular Hbond substituents is 1. The van der Waals surface area contributed by atoms with Gasteiger partial charge in [-0.2, -0.15) is 0 Å². The zero-order valence-corrected chi connectivity index (χ0v) is 48.3. The molecule has 1 aromatic carbocycles. The summed E-state index contributed by atoms with van der Waals surface area (Å²) in [5, 5.41) is 60.2. The van der Waals surface area contributed by atoms with Gasteiger partial charge in [-0.05, 0) is 121 Å². The van der Waals surface area contributed by atoms with Gasteiger partial charge in [-0.1, -0.05) is 26.0 Å². The number of rotatable bonds is 43. The number of nitrogens with one attached hydrogen (secondary N) is 9. The van der Waals surface area contributed by atoms with Crippen molar-refractivity contribution in [3.05, 3.63) is 29.8 Å². The third kappa shape index (κ3) is 30.6. The standard InChI is InChI=1S/C53H86N14O18/c1-27(2)25-38(51(82)67-39(26-30-11-13-31(68)14-12-30)52(83)64-33(9-5-7-23-54)48(79)65-35(16-20-41(58)70)47(78)60-29(4)53(84)85)66-49(80)34(10-6-8-24-55)63-50(81)37(18-22-43(73)74)61-44(75)28(3)59-46(77)36(17-21-42(71)72)62-45(76)32(56)15-19-40(57)69/h11-14,27-29,32-39,68H,5-10,15-26,54-56H2,1-4H3,(H2,57,69)(H2,58,70)(H,59,77)(H,60,78)(H,61,75)(H,62,76)(H,63,81)(H,64,83)(H,65,79)(H,66,80)(H,67,82)(H,71,72)(H,73,74)(H,84,85)/t28-,29-,32-,33-,34-,35-,36-,37-,38-,39-/m0/s1. The van der Waals surface area contributed by atoms with Crippen LogP contribution in [0.2, 0.25) is 0 Å². The number of hydrogen-bond donors (Lipinski definition) is 18. The Labute approximate surface area is 491 Å². The second-order valence-electron chi connectivity index (χ2n) is 20.8. The average molecular weight is 1210 g/mol. The zero-order valence-electron chi connectivity index (χ0n) is 48.3. The number of unbranched alkanes of at least 4 members (excludes halogenated alkanes) is 2. The number of amides is 11. The highest BCUT2D eigenvalue weighted by atomic mass is 16.4. The highest BCUT2D eigenvalue weighted by Crippen LogP contribution is 2.15. The Morgan fingerprint density at radius 2 is 0.753 bits per heavy atom. The molecule has 0 aliphatic carbocycles. The summed E-state index contributed by atoms with van der Waals surface area (Å²) >= 11 is 0. The first-order valence-corrected chi connectivity index (χ1v) is 27.8. The quantitative estimate of drug-likeness (QED) is 0.0273. The fourth-order valence-corrected chi connectivity index (χ4v) is 8.05. The molecule has 11 amide bonds. The highest BCUT2D eigenvalue weighted by molar-refractivity contribution is 5.99. The molecular formula is C53H86N14O18. The monoisotopic (exact) mass is 1210 g/mol. The van der Waals surface area contributed by atoms with Crippen LogP contribution in [0.1, 0.15) is 130 Å². The number of aromatic hydroxyl groups is 1. The molecule has 10 atom stereocenters. The number of carboxylic acids is 3. The summed E-state index contributed by atoms with van der Waals surface area (Å²) < 4.78 is 0. The molecule has 0 aromatic heterocycles. The van der Waals surface area contributed by atoms with Crippen LogP contribution in [0.15, 0.2) is 24.3 Å². The molecule has 32 heteroatoms. The molecule has 0 saturated heterocycles. The number of aliphatic carboxylic acids is 3. The van der Waals surface area contributed by atoms with Gasteiger partial charge in [0.05, 0.1) is 6.04 Å². The lowest BCUT2D eigenvalue weighted by atomic mass is 9.99. The third-order valence-corrected chi connectivity index (χ3v) is 12.9. The van der Waals surface area contributed by atoms with E-state index in [1.165, 1.54) is 31.2 Å². The van der Waals surface area contributed by atoms with Crippen molar-refractivity contribution in [2.75, 3.05) is 13.1 Å². The predicted octanol–water partition coefficient (Wildman–Crippen LogP) is -4.69. The summed E-state index contributed by atoms with van der Waals surface area (Å²) in [5.74, 6) is -15.0. The summed E-state index contributed by atoms with van der Waals surface area (Å²) in [6.07, 6.45) is -2.93. The number of primary amides is 2. The number of nitrogens with two attached hydrogens (primary N) is 5. The van der Waals surface area contributed by atoms with E-state index in [-0.39, 0.29) is 82.5 Å². The summed E-state index contributed by atoms with van der Waals surface area (Å²) in [5.41, 5.74) is 28.1. The molecule has 0 radical (unpaired) electrons. The summed E-state index contributed by atoms with van der Waals surface area (Å²) in [6.45, 7) is 6.10. The van der Waals surface area contributed by atoms with Gasteiger partial charge in [0, 0.05) is 32.1 Å². The fourth-order valence-electron chi connectivity index (χ4n) is 8.05. The lowest BCUT2D eigenvalue weighted by molar-refractivity contribution is -0.142. The van der Waals surface area contributed by atoms with Crippen molar-refractivity contribution < 1.29 is 87.5 Å². The van der Waals surface area contributed by atoms with Crippen LogP contribution < -0.4 is 76.5 Å². The number of carboxylic acid groups (broad SMARTS) is 3. The molecule has 0 aliphatic rings. The van der Waals surface area contributed by atoms with Gasteiger partial charge in [0.15, 0.2) is 0 Å². The Kier molecular flexibility index (Phi) is 34.3. The molecule has 0 fully saturated rings. The SMILES string of the molecule is CC(C)C[C@H](NC(=O)[C@H](CCCCN)NC(=O)[C@H](CCC(=O)O)NC(=O)[C@H](C)NC(=O)[C@H](CCC(=O)O)NC(=O)[C@@H](N)CCC(N)=O)C(=O)N[C@@H](Cc1ccc(O)cc1)C(=O)N[C@@H](CCCCN)C(=O)N[C@@H](CCC(N)=O)C(=O)N[C@@H](C)C(=O)O. The molecule has 0 bridgehead atoms. The van der Waals surface area contributed by atoms with E-state index < -0.39 is 175 Å². The van der Waals surface area contributed by atoms with Gasteiger partial charge in [0.25, 0.3) is 0 Å². The van der Waals surface area contributed by atoms with E-state index in [4.69, 9.17) is 28.7 Å². The van der Waals surface area contributed by atoms with E-state index in [0.717, 1.165) is 6.92 Å². The number of carbonyl (C=O) groups excluding carboxylic acids is 11. The lowest BCUT2D eigenvalue weighted by Crippen LogP contribution is -2.60. The Balaban J connectivity index is 3.63. The van der Waals surface area contributed by atoms with Crippen molar-refractivity contribution >= 4 is 82.9 Å². The topological polar surface area (TPSA) is 558 Å². The maximum Gasteiger partial charge on any atom is 0.325 e. The van der Waals surface area contributed by atoms with Crippen LogP contribution in [-0.2, 0) is 73.5 Å². The molecule has 1 rings (SSSR count). The van der Waals surface area contributed by atoms with Crippen molar-refractivity contribution in [2.45, 2.75) is 191 Å². The maximum absolute atomic E-state index is 14.5. The summed E-state index contributed by atoms with van der Waals surface area (Å²) in [4.78, 5) is 182. The van der Waals surface area contributed by atoms with Gasteiger partial charge in [-0.3, -0.25) is 67.1 Å². The second kappa shape index (κ2) is 39.1. The first-order valence-electron chi connectivity index (χ1n) is 27.8. The zero-order chi connectivity index (χ0) is 64.5. The van der Waals surface area contributed by atoms with Crippen molar-refractivity contribution in [2.24, 2.45) is 34.6 Å². The molecule has 476 valence electrons. The molecule has 0 heterocycles. The van der Waals surface area contributed by atoms with Gasteiger partial charge in [0.2, 0.25) is 65.0 Å². The molecule has 0 aliphatic heterocycles. The van der Waals surface area contributed by atoms with Gasteiger partial charge in [-0.25, -0.2) is 0 Å². The molecule has 1 aromatic rings. The molecule has 23 N–H and O–H groups in total. The van der Waals surface area contributed by atoms with Crippen LogP contribution >= 0.6 is 0 Å². The van der Waals surface area contributed by atoms with Crippen molar-refractivity contribution in [1.29, 1.82) is 0 Å². The molecule has 0 saturated carbocycles. The van der Waals surface area contributed by atoms with Gasteiger partial charge in [0.1, 0.15) is 60.1 Å². The van der Waals surface area contributed by atoms with E-state index in [0.29, 0.717) is 18.4 Å². The maximum atomic E-state index is 14.5. The molecule has 0 spiro atoms. The van der Waals surface area contributed by atoms with Crippen LogP contribution in [0.4, 0.5) is 0 Å². The van der Waals surface area contributed by atoms with Gasteiger partial charge in [-0.15, -0.1) is 0 Å². The Hall–Kier alpha value is -8.52. The largest absolute Gasteiger partial charge is 0.508 e. The minimum Gasteiger partial charge on any atom is -0.508 e. The van der Waals surface area contributed by atoms with Crippen molar-refractivity contribution in [1.82, 2.24) is 47.9 Å². The number of hydrogen-bond acceptors (Lipinski definition) is 18. The number of benzene rings is 1. The normalized spacial score (nSPS) is 14.5. The van der Waals surface area contributed by atoms with Crippen LogP contribution in [0.3, 0.4) is 0 Å². The number of phenols is 1. The average Bonchev–Trinajstić information content (AvgIpc) is 3.43. The fraction of sp³-hybridized carbons (Fsp3) is 0.623. The Bertz CT molecular complexity index is 2470. The highest BCUT2D eigenvalue weighted by Gasteiger charge is 2.36. The van der Waals surface area contributed by atoms with Crippen molar-refractivity contribution in [3.8, 4) is 5.75 Å². The van der Waals surface area contributed by atoms with Crippen LogP contribution in [0.5, 0.6) is 5.75 Å². The third-order valence-electron chi connectivity index (χ3n) is 12.9. The van der Waals surface area contributed by atoms with Crippen LogP contribution in [0, 0.1) is 5.92 Å². The van der Waals surface area contributed by atoms with Gasteiger partial charge >= 0.3 is 17.9 Å². The predicted molar refractivity (Wildman–Crippen MR) is 302 cm³/mol. The van der Waals surface area contributed by atoms with E-state index >= 15 is 0 Å². The van der Waals surface area contributed by atoms with Crippen LogP contribution in [0.25, 0.3) is 0 Å². The molecule has 0 unspecified atom stereocenters. The van der Waals surface area contributed by atoms with E-state index in [9.17, 15) is 87.5 Å². The van der Waals surface area contributed by atoms with E-state index in [2.05, 4.69) is 47.9 Å². The van der Waals surface area contributed by atoms with E-state index in [1.54, 1.807) is 13.8 Å². The lowest BCUT2D eigenvalue weighted by Gasteiger charge is -2.28. The van der Waals surface area contributed by atoms with E-state index in [1.807, 2.05) is 0 Å². The minimum absolute atomic E-state index is 0.0693. The molecular weight excluding hydrogens is 1120 g/mol. The van der Waals surface area contributed by atoms with Crippen LogP contribution in [-0.4, -0.2) is 177 Å². The first kappa shape index (κ1) is 74.5. The molecule has 85 heavy (non-hydrogen) atoms. The van der Waals surface area contributed by atoms with Crippen molar-refractivity contribution in [3.63, 3.8) is 0 Å². The molecule has 32 nitrogen and oxygen atoms in total.